The first-order valence-electron chi connectivity index (χ1n) is 8.02. The van der Waals surface area contributed by atoms with Crippen LogP contribution in [-0.2, 0) is 13.1 Å². The normalized spacial score (nSPS) is 11.4. The van der Waals surface area contributed by atoms with Crippen LogP contribution in [0.25, 0.3) is 11.5 Å². The zero-order valence-electron chi connectivity index (χ0n) is 14.5. The number of imidazole rings is 1. The molecule has 0 saturated carbocycles. The predicted octanol–water partition coefficient (Wildman–Crippen LogP) is 3.57. The van der Waals surface area contributed by atoms with E-state index in [1.807, 2.05) is 20.2 Å². The maximum atomic E-state index is 13.9. The van der Waals surface area contributed by atoms with Gasteiger partial charge in [0.1, 0.15) is 23.2 Å². The summed E-state index contributed by atoms with van der Waals surface area (Å²) in [7, 11) is 1.98. The van der Waals surface area contributed by atoms with Crippen molar-refractivity contribution in [1.82, 2.24) is 19.4 Å². The van der Waals surface area contributed by atoms with Crippen molar-refractivity contribution < 1.29 is 13.2 Å². The standard InChI is InChI=1S/C18H20F2N4O/c1-12-17(11-23(3)8-9-24-7-6-21-13(24)2)22-18(25-12)15-10-14(19)4-5-16(15)20/h4-7,10H,8-9,11H2,1-3H3. The zero-order chi connectivity index (χ0) is 18.0. The molecule has 132 valence electrons. The van der Waals surface area contributed by atoms with Crippen LogP contribution in [0, 0.1) is 25.5 Å². The van der Waals surface area contributed by atoms with Crippen LogP contribution in [-0.4, -0.2) is 33.0 Å². The molecule has 0 amide bonds. The molecule has 0 atom stereocenters. The van der Waals surface area contributed by atoms with Crippen LogP contribution >= 0.6 is 0 Å². The Morgan fingerprint density at radius 3 is 2.76 bits per heavy atom. The van der Waals surface area contributed by atoms with E-state index in [0.717, 1.165) is 37.1 Å². The molecule has 25 heavy (non-hydrogen) atoms. The fourth-order valence-corrected chi connectivity index (χ4v) is 2.60. The number of hydrogen-bond donors (Lipinski definition) is 0. The number of likely N-dealkylation sites (N-methyl/N-ethyl adjacent to an activating group) is 1. The number of nitrogens with zero attached hydrogens (tertiary/aromatic N) is 4. The van der Waals surface area contributed by atoms with Gasteiger partial charge < -0.3 is 8.98 Å². The Morgan fingerprint density at radius 2 is 2.04 bits per heavy atom. The van der Waals surface area contributed by atoms with Crippen molar-refractivity contribution in [3.05, 3.63) is 59.5 Å². The number of rotatable bonds is 6. The van der Waals surface area contributed by atoms with E-state index in [4.69, 9.17) is 4.42 Å². The molecule has 3 rings (SSSR count). The van der Waals surface area contributed by atoms with Crippen molar-refractivity contribution in [2.45, 2.75) is 26.9 Å². The van der Waals surface area contributed by atoms with Gasteiger partial charge in [-0.25, -0.2) is 18.7 Å². The zero-order valence-corrected chi connectivity index (χ0v) is 14.5. The fourth-order valence-electron chi connectivity index (χ4n) is 2.60. The first kappa shape index (κ1) is 17.3. The van der Waals surface area contributed by atoms with E-state index < -0.39 is 11.6 Å². The Labute approximate surface area is 144 Å². The van der Waals surface area contributed by atoms with Gasteiger partial charge in [0.25, 0.3) is 0 Å². The highest BCUT2D eigenvalue weighted by Gasteiger charge is 2.16. The van der Waals surface area contributed by atoms with Crippen molar-refractivity contribution in [3.8, 4) is 11.5 Å². The Morgan fingerprint density at radius 1 is 1.24 bits per heavy atom. The summed E-state index contributed by atoms with van der Waals surface area (Å²) < 4.78 is 34.9. The second kappa shape index (κ2) is 7.14. The van der Waals surface area contributed by atoms with Crippen LogP contribution < -0.4 is 0 Å². The molecule has 3 aromatic rings. The maximum absolute atomic E-state index is 13.9. The number of hydrogen-bond acceptors (Lipinski definition) is 4. The maximum Gasteiger partial charge on any atom is 0.229 e. The topological polar surface area (TPSA) is 47.1 Å². The highest BCUT2D eigenvalue weighted by molar-refractivity contribution is 5.54. The third-order valence-electron chi connectivity index (χ3n) is 4.12. The smallest absolute Gasteiger partial charge is 0.229 e. The minimum Gasteiger partial charge on any atom is -0.441 e. The van der Waals surface area contributed by atoms with E-state index in [1.54, 1.807) is 13.1 Å². The number of aryl methyl sites for hydroxylation is 2. The summed E-state index contributed by atoms with van der Waals surface area (Å²) >= 11 is 0. The third-order valence-corrected chi connectivity index (χ3v) is 4.12. The van der Waals surface area contributed by atoms with Gasteiger partial charge in [-0.15, -0.1) is 0 Å². The van der Waals surface area contributed by atoms with Crippen molar-refractivity contribution in [2.75, 3.05) is 13.6 Å². The molecule has 7 heteroatoms. The van der Waals surface area contributed by atoms with Crippen molar-refractivity contribution in [2.24, 2.45) is 0 Å². The van der Waals surface area contributed by atoms with Gasteiger partial charge >= 0.3 is 0 Å². The molecule has 0 aliphatic heterocycles. The predicted molar refractivity (Wildman–Crippen MR) is 89.9 cm³/mol. The van der Waals surface area contributed by atoms with Crippen LogP contribution in [0.5, 0.6) is 0 Å². The summed E-state index contributed by atoms with van der Waals surface area (Å²) in [5.74, 6) is 0.585. The second-order valence-corrected chi connectivity index (χ2v) is 6.05. The van der Waals surface area contributed by atoms with Crippen LogP contribution in [0.1, 0.15) is 17.3 Å². The Bertz CT molecular complexity index is 872. The van der Waals surface area contributed by atoms with Crippen LogP contribution in [0.2, 0.25) is 0 Å². The summed E-state index contributed by atoms with van der Waals surface area (Å²) in [5, 5.41) is 0. The summed E-state index contributed by atoms with van der Waals surface area (Å²) in [6.45, 7) is 5.90. The van der Waals surface area contributed by atoms with E-state index in [2.05, 4.69) is 19.4 Å². The second-order valence-electron chi connectivity index (χ2n) is 6.05. The SMILES string of the molecule is Cc1oc(-c2cc(F)ccc2F)nc1CN(C)CCn1ccnc1C. The molecule has 0 radical (unpaired) electrons. The summed E-state index contributed by atoms with van der Waals surface area (Å²) in [6, 6.07) is 3.24. The van der Waals surface area contributed by atoms with E-state index in [-0.39, 0.29) is 11.5 Å². The lowest BCUT2D eigenvalue weighted by molar-refractivity contribution is 0.305. The van der Waals surface area contributed by atoms with Gasteiger partial charge in [0.2, 0.25) is 5.89 Å². The molecular formula is C18H20F2N4O. The van der Waals surface area contributed by atoms with Crippen LogP contribution in [0.3, 0.4) is 0 Å². The van der Waals surface area contributed by atoms with Gasteiger partial charge in [0, 0.05) is 32.0 Å². The average Bonchev–Trinajstić information content (AvgIpc) is 3.14. The molecule has 0 bridgehead atoms. The molecule has 2 aromatic heterocycles. The van der Waals surface area contributed by atoms with Gasteiger partial charge in [0.05, 0.1) is 11.3 Å². The monoisotopic (exact) mass is 346 g/mol. The minimum absolute atomic E-state index is 0.0334. The molecular weight excluding hydrogens is 326 g/mol. The first-order chi connectivity index (χ1) is 11.9. The molecule has 0 unspecified atom stereocenters. The average molecular weight is 346 g/mol. The van der Waals surface area contributed by atoms with Crippen molar-refractivity contribution in [1.29, 1.82) is 0 Å². The molecule has 5 nitrogen and oxygen atoms in total. The highest BCUT2D eigenvalue weighted by atomic mass is 19.1. The van der Waals surface area contributed by atoms with Crippen molar-refractivity contribution in [3.63, 3.8) is 0 Å². The molecule has 0 N–H and O–H groups in total. The first-order valence-corrected chi connectivity index (χ1v) is 8.02. The highest BCUT2D eigenvalue weighted by Crippen LogP contribution is 2.25. The third kappa shape index (κ3) is 3.93. The van der Waals surface area contributed by atoms with Gasteiger partial charge in [-0.3, -0.25) is 4.90 Å². The summed E-state index contributed by atoms with van der Waals surface area (Å²) in [4.78, 5) is 10.6. The van der Waals surface area contributed by atoms with E-state index >= 15 is 0 Å². The molecule has 0 spiro atoms. The van der Waals surface area contributed by atoms with Crippen LogP contribution in [0.4, 0.5) is 8.78 Å². The number of halogens is 2. The number of oxazole rings is 1. The fraction of sp³-hybridized carbons (Fsp3) is 0.333. The lowest BCUT2D eigenvalue weighted by Gasteiger charge is -2.16. The number of aromatic nitrogens is 3. The van der Waals surface area contributed by atoms with Gasteiger partial charge in [-0.1, -0.05) is 0 Å². The van der Waals surface area contributed by atoms with Crippen LogP contribution in [0.15, 0.2) is 35.0 Å². The molecule has 2 heterocycles. The Kier molecular flexibility index (Phi) is 4.94. The van der Waals surface area contributed by atoms with Gasteiger partial charge in [-0.2, -0.15) is 0 Å². The lowest BCUT2D eigenvalue weighted by atomic mass is 10.2. The Hall–Kier alpha value is -2.54. The molecule has 0 aliphatic rings. The van der Waals surface area contributed by atoms with E-state index in [9.17, 15) is 8.78 Å². The number of benzene rings is 1. The van der Waals surface area contributed by atoms with Crippen molar-refractivity contribution >= 4 is 0 Å². The lowest BCUT2D eigenvalue weighted by Crippen LogP contribution is -2.23. The Balaban J connectivity index is 1.70. The quantitative estimate of drug-likeness (QED) is 0.685. The molecule has 0 aliphatic carbocycles. The summed E-state index contributed by atoms with van der Waals surface area (Å²) in [5.41, 5.74) is 0.745. The van der Waals surface area contributed by atoms with E-state index in [0.29, 0.717) is 18.0 Å². The summed E-state index contributed by atoms with van der Waals surface area (Å²) in [6.07, 6.45) is 3.71. The molecule has 1 aromatic carbocycles. The van der Waals surface area contributed by atoms with E-state index in [1.165, 1.54) is 0 Å². The minimum atomic E-state index is -0.557. The van der Waals surface area contributed by atoms with Gasteiger partial charge in [0.15, 0.2) is 0 Å². The molecule has 0 fully saturated rings. The largest absolute Gasteiger partial charge is 0.441 e. The molecule has 0 saturated heterocycles. The van der Waals surface area contributed by atoms with Gasteiger partial charge in [-0.05, 0) is 39.1 Å².